The molecule has 0 spiro atoms. The molecule has 0 heterocycles. The van der Waals surface area contributed by atoms with E-state index in [2.05, 4.69) is 12.2 Å². The van der Waals surface area contributed by atoms with Gasteiger partial charge >= 0.3 is 0 Å². The van der Waals surface area contributed by atoms with Gasteiger partial charge in [-0.3, -0.25) is 0 Å². The van der Waals surface area contributed by atoms with E-state index < -0.39 is 0 Å². The number of benzene rings is 1. The minimum absolute atomic E-state index is 0.0636. The zero-order valence-electron chi connectivity index (χ0n) is 10.2. The van der Waals surface area contributed by atoms with Gasteiger partial charge in [-0.25, -0.2) is 0 Å². The van der Waals surface area contributed by atoms with Gasteiger partial charge in [-0.15, -0.1) is 0 Å². The molecule has 1 aromatic carbocycles. The van der Waals surface area contributed by atoms with Crippen LogP contribution in [0.4, 0.5) is 0 Å². The minimum atomic E-state index is 0.0636. The van der Waals surface area contributed by atoms with E-state index in [1.165, 1.54) is 0 Å². The van der Waals surface area contributed by atoms with Gasteiger partial charge in [-0.2, -0.15) is 0 Å². The predicted molar refractivity (Wildman–Crippen MR) is 66.7 cm³/mol. The van der Waals surface area contributed by atoms with Crippen molar-refractivity contribution >= 4 is 0 Å². The molecule has 0 saturated carbocycles. The molecular formula is C13H21NO3. The molecule has 0 aliphatic carbocycles. The maximum absolute atomic E-state index is 9.05. The molecule has 4 heteroatoms. The molecule has 0 radical (unpaired) electrons. The van der Waals surface area contributed by atoms with Crippen LogP contribution in [0, 0.1) is 0 Å². The molecule has 0 aliphatic heterocycles. The highest BCUT2D eigenvalue weighted by atomic mass is 16.5. The fourth-order valence-corrected chi connectivity index (χ4v) is 1.59. The average Bonchev–Trinajstić information content (AvgIpc) is 2.38. The first kappa shape index (κ1) is 14.1. The highest BCUT2D eigenvalue weighted by molar-refractivity contribution is 5.25. The second kappa shape index (κ2) is 8.20. The van der Waals surface area contributed by atoms with Gasteiger partial charge in [0, 0.05) is 12.6 Å². The van der Waals surface area contributed by atoms with Gasteiger partial charge in [-0.1, -0.05) is 24.3 Å². The lowest BCUT2D eigenvalue weighted by Gasteiger charge is -2.15. The largest absolute Gasteiger partial charge is 0.394 e. The standard InChI is InChI=1S/C13H21NO3/c1-11(14-5-7-17-8-6-15)13-4-2-3-12(9-13)10-16/h2-4,9,11,14-16H,5-8,10H2,1H3. The third kappa shape index (κ3) is 5.28. The van der Waals surface area contributed by atoms with Gasteiger partial charge in [0.1, 0.15) is 0 Å². The van der Waals surface area contributed by atoms with Crippen molar-refractivity contribution in [2.75, 3.05) is 26.4 Å². The number of hydrogen-bond donors (Lipinski definition) is 3. The zero-order chi connectivity index (χ0) is 12.5. The molecular weight excluding hydrogens is 218 g/mol. The molecule has 96 valence electrons. The van der Waals surface area contributed by atoms with Crippen LogP contribution < -0.4 is 5.32 Å². The van der Waals surface area contributed by atoms with Crippen molar-refractivity contribution in [1.29, 1.82) is 0 Å². The van der Waals surface area contributed by atoms with Crippen molar-refractivity contribution in [2.24, 2.45) is 0 Å². The molecule has 17 heavy (non-hydrogen) atoms. The lowest BCUT2D eigenvalue weighted by Crippen LogP contribution is -2.23. The summed E-state index contributed by atoms with van der Waals surface area (Å²) in [5.74, 6) is 0. The van der Waals surface area contributed by atoms with Gasteiger partial charge < -0.3 is 20.3 Å². The fraction of sp³-hybridized carbons (Fsp3) is 0.538. The van der Waals surface area contributed by atoms with E-state index in [1.54, 1.807) is 0 Å². The molecule has 0 aliphatic rings. The van der Waals surface area contributed by atoms with Gasteiger partial charge in [0.25, 0.3) is 0 Å². The van der Waals surface area contributed by atoms with Crippen LogP contribution in [0.25, 0.3) is 0 Å². The Bertz CT molecular complexity index is 317. The van der Waals surface area contributed by atoms with E-state index >= 15 is 0 Å². The number of nitrogens with one attached hydrogen (secondary N) is 1. The average molecular weight is 239 g/mol. The third-order valence-corrected chi connectivity index (χ3v) is 2.57. The Balaban J connectivity index is 2.33. The molecule has 0 saturated heterocycles. The van der Waals surface area contributed by atoms with Crippen LogP contribution in [-0.4, -0.2) is 36.6 Å². The third-order valence-electron chi connectivity index (χ3n) is 2.57. The van der Waals surface area contributed by atoms with Crippen LogP contribution in [0.3, 0.4) is 0 Å². The number of ether oxygens (including phenoxy) is 1. The molecule has 3 N–H and O–H groups in total. The smallest absolute Gasteiger partial charge is 0.0698 e. The summed E-state index contributed by atoms with van der Waals surface area (Å²) in [6.07, 6.45) is 0. The highest BCUT2D eigenvalue weighted by Gasteiger charge is 2.04. The maximum atomic E-state index is 9.05. The summed E-state index contributed by atoms with van der Waals surface area (Å²) in [5.41, 5.74) is 2.08. The Labute approximate surface area is 102 Å². The van der Waals surface area contributed by atoms with Crippen LogP contribution >= 0.6 is 0 Å². The van der Waals surface area contributed by atoms with E-state index in [9.17, 15) is 0 Å². The van der Waals surface area contributed by atoms with Crippen LogP contribution in [0.1, 0.15) is 24.1 Å². The quantitative estimate of drug-likeness (QED) is 0.588. The van der Waals surface area contributed by atoms with E-state index in [1.807, 2.05) is 24.3 Å². The topological polar surface area (TPSA) is 61.7 Å². The van der Waals surface area contributed by atoms with Gasteiger partial charge in [0.2, 0.25) is 0 Å². The highest BCUT2D eigenvalue weighted by Crippen LogP contribution is 2.13. The summed E-state index contributed by atoms with van der Waals surface area (Å²) in [5, 5.41) is 20.9. The van der Waals surface area contributed by atoms with E-state index in [0.717, 1.165) is 17.7 Å². The van der Waals surface area contributed by atoms with Gasteiger partial charge in [0.15, 0.2) is 0 Å². The van der Waals surface area contributed by atoms with E-state index in [0.29, 0.717) is 13.2 Å². The monoisotopic (exact) mass is 239 g/mol. The molecule has 1 unspecified atom stereocenters. The first-order valence-electron chi connectivity index (χ1n) is 5.89. The summed E-state index contributed by atoms with van der Waals surface area (Å²) < 4.78 is 5.16. The molecule has 0 bridgehead atoms. The SMILES string of the molecule is CC(NCCOCCO)c1cccc(CO)c1. The number of hydrogen-bond acceptors (Lipinski definition) is 4. The van der Waals surface area contributed by atoms with Crippen molar-refractivity contribution in [2.45, 2.75) is 19.6 Å². The van der Waals surface area contributed by atoms with Crippen LogP contribution in [0.2, 0.25) is 0 Å². The predicted octanol–water partition coefficient (Wildman–Crippen LogP) is 0.838. The van der Waals surface area contributed by atoms with Crippen molar-refractivity contribution in [3.05, 3.63) is 35.4 Å². The lowest BCUT2D eigenvalue weighted by molar-refractivity contribution is 0.0928. The summed E-state index contributed by atoms with van der Waals surface area (Å²) in [6, 6.07) is 8.10. The van der Waals surface area contributed by atoms with Crippen molar-refractivity contribution < 1.29 is 14.9 Å². The normalized spacial score (nSPS) is 12.6. The molecule has 4 nitrogen and oxygen atoms in total. The van der Waals surface area contributed by atoms with E-state index in [-0.39, 0.29) is 19.3 Å². The van der Waals surface area contributed by atoms with Crippen LogP contribution in [-0.2, 0) is 11.3 Å². The van der Waals surface area contributed by atoms with Crippen molar-refractivity contribution in [3.63, 3.8) is 0 Å². The fourth-order valence-electron chi connectivity index (χ4n) is 1.59. The Hall–Kier alpha value is -0.940. The first-order chi connectivity index (χ1) is 8.27. The summed E-state index contributed by atoms with van der Waals surface area (Å²) in [6.45, 7) is 3.92. The molecule has 0 amide bonds. The van der Waals surface area contributed by atoms with Gasteiger partial charge in [0.05, 0.1) is 26.4 Å². The Kier molecular flexibility index (Phi) is 6.81. The Morgan fingerprint density at radius 2 is 2.12 bits per heavy atom. The van der Waals surface area contributed by atoms with Crippen molar-refractivity contribution in [3.8, 4) is 0 Å². The Morgan fingerprint density at radius 3 is 2.82 bits per heavy atom. The summed E-state index contributed by atoms with van der Waals surface area (Å²) in [4.78, 5) is 0. The molecule has 0 fully saturated rings. The first-order valence-corrected chi connectivity index (χ1v) is 5.89. The number of rotatable bonds is 8. The molecule has 1 aromatic rings. The van der Waals surface area contributed by atoms with Crippen molar-refractivity contribution in [1.82, 2.24) is 5.32 Å². The lowest BCUT2D eigenvalue weighted by atomic mass is 10.1. The number of aliphatic hydroxyl groups is 2. The molecule has 0 aromatic heterocycles. The minimum Gasteiger partial charge on any atom is -0.394 e. The second-order valence-corrected chi connectivity index (χ2v) is 3.91. The summed E-state index contributed by atoms with van der Waals surface area (Å²) >= 11 is 0. The summed E-state index contributed by atoms with van der Waals surface area (Å²) in [7, 11) is 0. The van der Waals surface area contributed by atoms with E-state index in [4.69, 9.17) is 14.9 Å². The molecule has 1 rings (SSSR count). The Morgan fingerprint density at radius 1 is 1.29 bits per heavy atom. The van der Waals surface area contributed by atoms with Crippen LogP contribution in [0.5, 0.6) is 0 Å². The number of aliphatic hydroxyl groups excluding tert-OH is 2. The maximum Gasteiger partial charge on any atom is 0.0698 e. The second-order valence-electron chi connectivity index (χ2n) is 3.91. The molecule has 1 atom stereocenters. The van der Waals surface area contributed by atoms with Gasteiger partial charge in [-0.05, 0) is 18.1 Å². The zero-order valence-corrected chi connectivity index (χ0v) is 10.2. The van der Waals surface area contributed by atoms with Crippen LogP contribution in [0.15, 0.2) is 24.3 Å².